The Kier molecular flexibility index (Phi) is 3.78. The highest BCUT2D eigenvalue weighted by Gasteiger charge is 2.19. The molecule has 5 nitrogen and oxygen atoms in total. The summed E-state index contributed by atoms with van der Waals surface area (Å²) in [5.74, 6) is 0.538. The van der Waals surface area contributed by atoms with Gasteiger partial charge in [-0.1, -0.05) is 20.3 Å². The highest BCUT2D eigenvalue weighted by atomic mass is 19.1. The van der Waals surface area contributed by atoms with Crippen molar-refractivity contribution in [3.05, 3.63) is 24.0 Å². The van der Waals surface area contributed by atoms with E-state index in [4.69, 9.17) is 5.73 Å². The Hall–Kier alpha value is -1.98. The van der Waals surface area contributed by atoms with Crippen LogP contribution in [0.2, 0.25) is 0 Å². The van der Waals surface area contributed by atoms with Gasteiger partial charge in [0.05, 0.1) is 11.7 Å². The molecule has 2 unspecified atom stereocenters. The molecule has 102 valence electrons. The SMILES string of the molecule is CCC(C)C(C)n1nnnc1-c1ccc(N)c(F)c1. The number of nitrogens with two attached hydrogens (primary N) is 1. The lowest BCUT2D eigenvalue weighted by molar-refractivity contribution is 0.340. The number of anilines is 1. The lowest BCUT2D eigenvalue weighted by Gasteiger charge is -2.19. The van der Waals surface area contributed by atoms with Crippen molar-refractivity contribution in [2.75, 3.05) is 5.73 Å². The zero-order valence-corrected chi connectivity index (χ0v) is 11.3. The Balaban J connectivity index is 2.41. The molecule has 0 aliphatic rings. The van der Waals surface area contributed by atoms with E-state index in [-0.39, 0.29) is 11.7 Å². The first-order valence-corrected chi connectivity index (χ1v) is 6.37. The quantitative estimate of drug-likeness (QED) is 0.861. The van der Waals surface area contributed by atoms with Crippen LogP contribution < -0.4 is 5.73 Å². The molecule has 0 fully saturated rings. The Morgan fingerprint density at radius 3 is 2.74 bits per heavy atom. The molecule has 1 aromatic heterocycles. The van der Waals surface area contributed by atoms with E-state index < -0.39 is 5.82 Å². The average molecular weight is 263 g/mol. The van der Waals surface area contributed by atoms with Gasteiger partial charge >= 0.3 is 0 Å². The van der Waals surface area contributed by atoms with Crippen LogP contribution in [0.3, 0.4) is 0 Å². The van der Waals surface area contributed by atoms with Crippen LogP contribution in [0.5, 0.6) is 0 Å². The topological polar surface area (TPSA) is 69.6 Å². The van der Waals surface area contributed by atoms with Gasteiger partial charge in [0, 0.05) is 5.56 Å². The summed E-state index contributed by atoms with van der Waals surface area (Å²) in [7, 11) is 0. The van der Waals surface area contributed by atoms with E-state index in [1.807, 2.05) is 0 Å². The van der Waals surface area contributed by atoms with Gasteiger partial charge in [0.1, 0.15) is 5.82 Å². The molecule has 0 radical (unpaired) electrons. The number of aromatic nitrogens is 4. The van der Waals surface area contributed by atoms with Crippen molar-refractivity contribution >= 4 is 5.69 Å². The van der Waals surface area contributed by atoms with Gasteiger partial charge in [0.2, 0.25) is 0 Å². The van der Waals surface area contributed by atoms with E-state index in [0.29, 0.717) is 17.3 Å². The summed E-state index contributed by atoms with van der Waals surface area (Å²) in [6.45, 7) is 6.31. The Morgan fingerprint density at radius 1 is 1.37 bits per heavy atom. The van der Waals surface area contributed by atoms with Gasteiger partial charge < -0.3 is 5.73 Å². The van der Waals surface area contributed by atoms with Crippen molar-refractivity contribution in [3.8, 4) is 11.4 Å². The summed E-state index contributed by atoms with van der Waals surface area (Å²) in [6.07, 6.45) is 1.02. The van der Waals surface area contributed by atoms with Crippen LogP contribution in [0.1, 0.15) is 33.2 Å². The van der Waals surface area contributed by atoms with Crippen molar-refractivity contribution in [3.63, 3.8) is 0 Å². The maximum Gasteiger partial charge on any atom is 0.182 e. The predicted molar refractivity (Wildman–Crippen MR) is 71.8 cm³/mol. The molecule has 0 aliphatic heterocycles. The fraction of sp³-hybridized carbons (Fsp3) is 0.462. The summed E-state index contributed by atoms with van der Waals surface area (Å²) in [6, 6.07) is 4.76. The van der Waals surface area contributed by atoms with E-state index >= 15 is 0 Å². The molecule has 2 atom stereocenters. The molecule has 0 aliphatic carbocycles. The molecule has 0 saturated carbocycles. The van der Waals surface area contributed by atoms with Gasteiger partial charge in [0.25, 0.3) is 0 Å². The second-order valence-corrected chi connectivity index (χ2v) is 4.81. The number of rotatable bonds is 4. The third-order valence-corrected chi connectivity index (χ3v) is 3.60. The van der Waals surface area contributed by atoms with Crippen molar-refractivity contribution in [1.82, 2.24) is 20.2 Å². The molecule has 6 heteroatoms. The van der Waals surface area contributed by atoms with Crippen LogP contribution in [-0.4, -0.2) is 20.2 Å². The second-order valence-electron chi connectivity index (χ2n) is 4.81. The van der Waals surface area contributed by atoms with Crippen LogP contribution >= 0.6 is 0 Å². The van der Waals surface area contributed by atoms with Crippen LogP contribution in [0.4, 0.5) is 10.1 Å². The zero-order chi connectivity index (χ0) is 14.0. The third kappa shape index (κ3) is 2.57. The number of hydrogen-bond acceptors (Lipinski definition) is 4. The van der Waals surface area contributed by atoms with Crippen molar-refractivity contribution in [2.24, 2.45) is 5.92 Å². The molecule has 2 N–H and O–H groups in total. The summed E-state index contributed by atoms with van der Waals surface area (Å²) in [5.41, 5.74) is 6.23. The molecule has 19 heavy (non-hydrogen) atoms. The molecular formula is C13H18FN5. The zero-order valence-electron chi connectivity index (χ0n) is 11.3. The number of tetrazole rings is 1. The predicted octanol–water partition coefficient (Wildman–Crippen LogP) is 2.67. The molecule has 0 bridgehead atoms. The average Bonchev–Trinajstić information content (AvgIpc) is 2.89. The van der Waals surface area contributed by atoms with Crippen LogP contribution in [0, 0.1) is 11.7 Å². The van der Waals surface area contributed by atoms with E-state index in [1.165, 1.54) is 12.1 Å². The van der Waals surface area contributed by atoms with E-state index in [9.17, 15) is 4.39 Å². The third-order valence-electron chi connectivity index (χ3n) is 3.60. The lowest BCUT2D eigenvalue weighted by atomic mass is 10.0. The van der Waals surface area contributed by atoms with Gasteiger partial charge in [-0.2, -0.15) is 0 Å². The highest BCUT2D eigenvalue weighted by Crippen LogP contribution is 2.26. The minimum absolute atomic E-state index is 0.123. The molecule has 2 rings (SSSR count). The number of nitrogens with zero attached hydrogens (tertiary/aromatic N) is 4. The molecule has 1 heterocycles. The van der Waals surface area contributed by atoms with Gasteiger partial charge in [-0.15, -0.1) is 5.10 Å². The van der Waals surface area contributed by atoms with Crippen LogP contribution in [0.15, 0.2) is 18.2 Å². The summed E-state index contributed by atoms with van der Waals surface area (Å²) in [5, 5.41) is 11.7. The molecule has 0 saturated heterocycles. The Labute approximate surface area is 111 Å². The summed E-state index contributed by atoms with van der Waals surface area (Å²) < 4.78 is 15.3. The van der Waals surface area contributed by atoms with Crippen molar-refractivity contribution < 1.29 is 4.39 Å². The van der Waals surface area contributed by atoms with Crippen molar-refractivity contribution in [2.45, 2.75) is 33.2 Å². The van der Waals surface area contributed by atoms with Gasteiger partial charge in [-0.3, -0.25) is 0 Å². The van der Waals surface area contributed by atoms with Crippen molar-refractivity contribution in [1.29, 1.82) is 0 Å². The molecular weight excluding hydrogens is 245 g/mol. The minimum Gasteiger partial charge on any atom is -0.396 e. The highest BCUT2D eigenvalue weighted by molar-refractivity contribution is 5.59. The smallest absolute Gasteiger partial charge is 0.182 e. The number of benzene rings is 1. The van der Waals surface area contributed by atoms with Gasteiger partial charge in [-0.05, 0) is 41.5 Å². The first kappa shape index (κ1) is 13.5. The molecule has 1 aromatic carbocycles. The molecule has 0 amide bonds. The summed E-state index contributed by atoms with van der Waals surface area (Å²) in [4.78, 5) is 0. The maximum absolute atomic E-state index is 13.5. The Bertz CT molecular complexity index is 566. The first-order chi connectivity index (χ1) is 9.04. The maximum atomic E-state index is 13.5. The normalized spacial score (nSPS) is 14.3. The second kappa shape index (κ2) is 5.34. The number of hydrogen-bond donors (Lipinski definition) is 1. The van der Waals surface area contributed by atoms with E-state index in [0.717, 1.165) is 6.42 Å². The largest absolute Gasteiger partial charge is 0.396 e. The summed E-state index contributed by atoms with van der Waals surface area (Å²) >= 11 is 0. The number of halogens is 1. The Morgan fingerprint density at radius 2 is 2.11 bits per heavy atom. The van der Waals surface area contributed by atoms with E-state index in [2.05, 4.69) is 36.3 Å². The van der Waals surface area contributed by atoms with Gasteiger partial charge in [-0.25, -0.2) is 9.07 Å². The first-order valence-electron chi connectivity index (χ1n) is 6.37. The fourth-order valence-corrected chi connectivity index (χ4v) is 1.91. The van der Waals surface area contributed by atoms with Crippen LogP contribution in [0.25, 0.3) is 11.4 Å². The minimum atomic E-state index is -0.455. The number of nitrogen functional groups attached to an aromatic ring is 1. The molecule has 0 spiro atoms. The molecule has 2 aromatic rings. The fourth-order valence-electron chi connectivity index (χ4n) is 1.91. The van der Waals surface area contributed by atoms with E-state index in [1.54, 1.807) is 10.7 Å². The monoisotopic (exact) mass is 263 g/mol. The standard InChI is InChI=1S/C13H18FN5/c1-4-8(2)9(3)19-13(16-17-18-19)10-5-6-12(15)11(14)7-10/h5-9H,4,15H2,1-3H3. The van der Waals surface area contributed by atoms with Gasteiger partial charge in [0.15, 0.2) is 5.82 Å². The lowest BCUT2D eigenvalue weighted by Crippen LogP contribution is -2.16. The van der Waals surface area contributed by atoms with Crippen LogP contribution in [-0.2, 0) is 0 Å².